The lowest BCUT2D eigenvalue weighted by Crippen LogP contribution is -2.15. The minimum Gasteiger partial charge on any atom is -0.213 e. The van der Waals surface area contributed by atoms with Crippen LogP contribution in [0.25, 0.3) is 0 Å². The monoisotopic (exact) mass is 280 g/mol. The van der Waals surface area contributed by atoms with Gasteiger partial charge in [0, 0.05) is 11.1 Å². The summed E-state index contributed by atoms with van der Waals surface area (Å²) in [5.74, 6) is 1.96. The van der Waals surface area contributed by atoms with Gasteiger partial charge in [0.05, 0.1) is 0 Å². The van der Waals surface area contributed by atoms with Gasteiger partial charge in [0.25, 0.3) is 0 Å². The standard InChI is InChI=1S/C8H13BrN2S2/c1-6-10-7(13-11-6)12-5-8(2,3)4-9/h4-5H2,1-3H3. The molecule has 2 nitrogen and oxygen atoms in total. The van der Waals surface area contributed by atoms with E-state index in [1.165, 1.54) is 11.5 Å². The predicted molar refractivity (Wildman–Crippen MR) is 62.9 cm³/mol. The zero-order valence-electron chi connectivity index (χ0n) is 8.00. The van der Waals surface area contributed by atoms with Gasteiger partial charge in [-0.15, -0.1) is 0 Å². The van der Waals surface area contributed by atoms with Crippen LogP contribution in [0.5, 0.6) is 0 Å². The van der Waals surface area contributed by atoms with Crippen LogP contribution in [-0.4, -0.2) is 20.4 Å². The quantitative estimate of drug-likeness (QED) is 0.625. The smallest absolute Gasteiger partial charge is 0.170 e. The van der Waals surface area contributed by atoms with Gasteiger partial charge in [-0.3, -0.25) is 0 Å². The van der Waals surface area contributed by atoms with Crippen molar-refractivity contribution < 1.29 is 0 Å². The zero-order chi connectivity index (χ0) is 9.90. The molecule has 0 aromatic carbocycles. The van der Waals surface area contributed by atoms with Crippen molar-refractivity contribution in [3.63, 3.8) is 0 Å². The molecule has 1 aromatic rings. The summed E-state index contributed by atoms with van der Waals surface area (Å²) in [6, 6.07) is 0. The van der Waals surface area contributed by atoms with Gasteiger partial charge in [0.2, 0.25) is 0 Å². The fourth-order valence-electron chi connectivity index (χ4n) is 0.632. The van der Waals surface area contributed by atoms with E-state index in [2.05, 4.69) is 39.1 Å². The molecule has 0 radical (unpaired) electrons. The highest BCUT2D eigenvalue weighted by molar-refractivity contribution is 9.09. The highest BCUT2D eigenvalue weighted by Crippen LogP contribution is 2.29. The second-order valence-corrected chi connectivity index (χ2v) is 6.23. The summed E-state index contributed by atoms with van der Waals surface area (Å²) in [6.45, 7) is 6.40. The summed E-state index contributed by atoms with van der Waals surface area (Å²) in [7, 11) is 0. The van der Waals surface area contributed by atoms with Gasteiger partial charge in [-0.05, 0) is 23.9 Å². The predicted octanol–water partition coefficient (Wildman–Crippen LogP) is 3.36. The topological polar surface area (TPSA) is 25.8 Å². The Morgan fingerprint density at radius 3 is 2.69 bits per heavy atom. The Bertz CT molecular complexity index is 273. The van der Waals surface area contributed by atoms with Gasteiger partial charge in [-0.25, -0.2) is 4.98 Å². The second-order valence-electron chi connectivity index (χ2n) is 3.69. The molecule has 0 unspecified atom stereocenters. The highest BCUT2D eigenvalue weighted by Gasteiger charge is 2.17. The number of halogens is 1. The number of nitrogens with zero attached hydrogens (tertiary/aromatic N) is 2. The average molecular weight is 281 g/mol. The van der Waals surface area contributed by atoms with Crippen LogP contribution in [0.3, 0.4) is 0 Å². The normalized spacial score (nSPS) is 12.0. The number of thioether (sulfide) groups is 1. The third-order valence-corrected chi connectivity index (χ3v) is 5.42. The van der Waals surface area contributed by atoms with Crippen LogP contribution >= 0.6 is 39.2 Å². The molecule has 1 aromatic heterocycles. The molecule has 0 aliphatic carbocycles. The summed E-state index contributed by atoms with van der Waals surface area (Å²) in [5, 5.41) is 1.02. The third-order valence-electron chi connectivity index (χ3n) is 1.46. The van der Waals surface area contributed by atoms with Crippen LogP contribution in [0, 0.1) is 12.3 Å². The highest BCUT2D eigenvalue weighted by atomic mass is 79.9. The van der Waals surface area contributed by atoms with E-state index in [0.717, 1.165) is 21.2 Å². The molecular formula is C8H13BrN2S2. The number of aryl methyl sites for hydroxylation is 1. The fourth-order valence-corrected chi connectivity index (χ4v) is 2.83. The van der Waals surface area contributed by atoms with E-state index < -0.39 is 0 Å². The molecule has 0 spiro atoms. The number of hydrogen-bond acceptors (Lipinski definition) is 4. The Morgan fingerprint density at radius 1 is 1.54 bits per heavy atom. The Labute approximate surface area is 95.8 Å². The van der Waals surface area contributed by atoms with Gasteiger partial charge in [-0.1, -0.05) is 41.5 Å². The largest absolute Gasteiger partial charge is 0.213 e. The molecule has 0 atom stereocenters. The van der Waals surface area contributed by atoms with Crippen LogP contribution in [-0.2, 0) is 0 Å². The van der Waals surface area contributed by atoms with Crippen molar-refractivity contribution in [2.75, 3.05) is 11.1 Å². The molecule has 13 heavy (non-hydrogen) atoms. The van der Waals surface area contributed by atoms with Crippen molar-refractivity contribution in [3.8, 4) is 0 Å². The molecule has 0 saturated heterocycles. The molecule has 0 aliphatic heterocycles. The first-order valence-electron chi connectivity index (χ1n) is 4.02. The average Bonchev–Trinajstić information content (AvgIpc) is 2.48. The Morgan fingerprint density at radius 2 is 2.23 bits per heavy atom. The van der Waals surface area contributed by atoms with E-state index >= 15 is 0 Å². The molecule has 0 N–H and O–H groups in total. The van der Waals surface area contributed by atoms with Crippen molar-refractivity contribution in [3.05, 3.63) is 5.82 Å². The van der Waals surface area contributed by atoms with Crippen LogP contribution in [0.1, 0.15) is 19.7 Å². The minimum absolute atomic E-state index is 0.324. The summed E-state index contributed by atoms with van der Waals surface area (Å²) in [5.41, 5.74) is 0.324. The molecule has 0 aliphatic rings. The summed E-state index contributed by atoms with van der Waals surface area (Å²) in [6.07, 6.45) is 0. The molecule has 74 valence electrons. The van der Waals surface area contributed by atoms with E-state index in [1.807, 2.05) is 6.92 Å². The SMILES string of the molecule is Cc1nsc(SCC(C)(C)CBr)n1. The molecule has 5 heteroatoms. The Balaban J connectivity index is 2.43. The summed E-state index contributed by atoms with van der Waals surface area (Å²) < 4.78 is 5.22. The molecule has 0 amide bonds. The molecule has 1 rings (SSSR count). The maximum atomic E-state index is 4.30. The lowest BCUT2D eigenvalue weighted by molar-refractivity contribution is 0.496. The maximum Gasteiger partial charge on any atom is 0.170 e. The lowest BCUT2D eigenvalue weighted by Gasteiger charge is -2.19. The van der Waals surface area contributed by atoms with Crippen LogP contribution in [0.2, 0.25) is 0 Å². The van der Waals surface area contributed by atoms with E-state index in [9.17, 15) is 0 Å². The van der Waals surface area contributed by atoms with Gasteiger partial charge < -0.3 is 0 Å². The van der Waals surface area contributed by atoms with Crippen molar-refractivity contribution in [1.82, 2.24) is 9.36 Å². The van der Waals surface area contributed by atoms with Gasteiger partial charge >= 0.3 is 0 Å². The van der Waals surface area contributed by atoms with E-state index in [1.54, 1.807) is 11.8 Å². The van der Waals surface area contributed by atoms with Crippen molar-refractivity contribution in [2.24, 2.45) is 5.41 Å². The Kier molecular flexibility index (Phi) is 4.19. The van der Waals surface area contributed by atoms with Gasteiger partial charge in [0.15, 0.2) is 4.34 Å². The third kappa shape index (κ3) is 3.95. The van der Waals surface area contributed by atoms with E-state index in [-0.39, 0.29) is 0 Å². The first-order valence-corrected chi connectivity index (χ1v) is 6.91. The van der Waals surface area contributed by atoms with E-state index in [0.29, 0.717) is 5.41 Å². The zero-order valence-corrected chi connectivity index (χ0v) is 11.2. The van der Waals surface area contributed by atoms with Crippen molar-refractivity contribution in [2.45, 2.75) is 25.1 Å². The first-order chi connectivity index (χ1) is 6.03. The molecule has 0 fully saturated rings. The second kappa shape index (κ2) is 4.75. The van der Waals surface area contributed by atoms with Gasteiger partial charge in [-0.2, -0.15) is 4.37 Å². The summed E-state index contributed by atoms with van der Waals surface area (Å²) in [4.78, 5) is 4.30. The number of rotatable bonds is 4. The lowest BCUT2D eigenvalue weighted by atomic mass is 10.0. The van der Waals surface area contributed by atoms with Crippen LogP contribution in [0.15, 0.2) is 4.34 Å². The van der Waals surface area contributed by atoms with Crippen LogP contribution < -0.4 is 0 Å². The van der Waals surface area contributed by atoms with E-state index in [4.69, 9.17) is 0 Å². The van der Waals surface area contributed by atoms with Gasteiger partial charge in [0.1, 0.15) is 5.82 Å². The number of alkyl halides is 1. The number of hydrogen-bond donors (Lipinski definition) is 0. The molecular weight excluding hydrogens is 268 g/mol. The Hall–Kier alpha value is 0.390. The van der Waals surface area contributed by atoms with Crippen molar-refractivity contribution >= 4 is 39.2 Å². The fraction of sp³-hybridized carbons (Fsp3) is 0.750. The molecule has 0 bridgehead atoms. The van der Waals surface area contributed by atoms with Crippen LogP contribution in [0.4, 0.5) is 0 Å². The molecule has 0 saturated carbocycles. The summed E-state index contributed by atoms with van der Waals surface area (Å²) >= 11 is 6.78. The molecule has 1 heterocycles. The van der Waals surface area contributed by atoms with Crippen molar-refractivity contribution in [1.29, 1.82) is 0 Å². The maximum absolute atomic E-state index is 4.30. The number of aromatic nitrogens is 2. The first kappa shape index (κ1) is 11.5. The minimum atomic E-state index is 0.324.